The third kappa shape index (κ3) is 4.52. The Hall–Kier alpha value is -0.0800. The summed E-state index contributed by atoms with van der Waals surface area (Å²) in [5.41, 5.74) is 6.44. The monoisotopic (exact) mass is 213 g/mol. The molecule has 2 N–H and O–H groups in total. The molecule has 1 fully saturated rings. The second-order valence-corrected chi connectivity index (χ2v) is 5.07. The van der Waals surface area contributed by atoms with E-state index in [1.165, 1.54) is 57.8 Å². The molecule has 0 aromatic carbocycles. The molecule has 2 nitrogen and oxygen atoms in total. The van der Waals surface area contributed by atoms with Crippen molar-refractivity contribution >= 4 is 0 Å². The third-order valence-corrected chi connectivity index (χ3v) is 3.90. The number of methoxy groups -OCH3 is 1. The lowest BCUT2D eigenvalue weighted by Crippen LogP contribution is -2.31. The van der Waals surface area contributed by atoms with Gasteiger partial charge in [-0.05, 0) is 37.6 Å². The molecule has 0 atom stereocenters. The third-order valence-electron chi connectivity index (χ3n) is 3.90. The van der Waals surface area contributed by atoms with Crippen LogP contribution in [0.5, 0.6) is 0 Å². The molecule has 0 amide bonds. The Morgan fingerprint density at radius 1 is 1.07 bits per heavy atom. The van der Waals surface area contributed by atoms with E-state index >= 15 is 0 Å². The van der Waals surface area contributed by atoms with E-state index in [0.717, 1.165) is 13.2 Å². The van der Waals surface area contributed by atoms with E-state index in [1.54, 1.807) is 7.11 Å². The van der Waals surface area contributed by atoms with E-state index < -0.39 is 0 Å². The summed E-state index contributed by atoms with van der Waals surface area (Å²) in [6.07, 6.45) is 12.1. The second kappa shape index (κ2) is 7.24. The van der Waals surface area contributed by atoms with Gasteiger partial charge in [0, 0.05) is 13.7 Å². The summed E-state index contributed by atoms with van der Waals surface area (Å²) in [5.74, 6) is 0. The Labute approximate surface area is 94.6 Å². The van der Waals surface area contributed by atoms with Gasteiger partial charge in [0.25, 0.3) is 0 Å². The zero-order valence-corrected chi connectivity index (χ0v) is 10.3. The van der Waals surface area contributed by atoms with Gasteiger partial charge in [0.2, 0.25) is 0 Å². The summed E-state index contributed by atoms with van der Waals surface area (Å²) < 4.78 is 5.14. The van der Waals surface area contributed by atoms with Crippen LogP contribution in [0.3, 0.4) is 0 Å². The molecule has 2 heteroatoms. The van der Waals surface area contributed by atoms with Crippen molar-refractivity contribution in [2.45, 2.75) is 57.8 Å². The number of nitrogens with two attached hydrogens (primary N) is 1. The van der Waals surface area contributed by atoms with Crippen molar-refractivity contribution in [2.75, 3.05) is 20.3 Å². The first-order valence-electron chi connectivity index (χ1n) is 6.52. The van der Waals surface area contributed by atoms with Gasteiger partial charge in [-0.2, -0.15) is 0 Å². The lowest BCUT2D eigenvalue weighted by Gasteiger charge is -2.34. The van der Waals surface area contributed by atoms with Gasteiger partial charge in [-0.3, -0.25) is 0 Å². The van der Waals surface area contributed by atoms with Crippen molar-refractivity contribution in [2.24, 2.45) is 11.1 Å². The lowest BCUT2D eigenvalue weighted by atomic mass is 9.73. The van der Waals surface area contributed by atoms with E-state index in [9.17, 15) is 0 Å². The maximum absolute atomic E-state index is 6.00. The lowest BCUT2D eigenvalue weighted by molar-refractivity contribution is 0.147. The van der Waals surface area contributed by atoms with Crippen LogP contribution in [0.1, 0.15) is 57.8 Å². The molecule has 15 heavy (non-hydrogen) atoms. The molecular formula is C13H27NO. The summed E-state index contributed by atoms with van der Waals surface area (Å²) in [5, 5.41) is 0. The predicted octanol–water partition coefficient (Wildman–Crippen LogP) is 3.10. The molecule has 1 rings (SSSR count). The van der Waals surface area contributed by atoms with Gasteiger partial charge in [0.1, 0.15) is 0 Å². The number of hydrogen-bond acceptors (Lipinski definition) is 2. The SMILES string of the molecule is COCCCC1(CN)CCCCCCC1. The van der Waals surface area contributed by atoms with Gasteiger partial charge in [0.05, 0.1) is 0 Å². The molecule has 1 aliphatic carbocycles. The highest BCUT2D eigenvalue weighted by Crippen LogP contribution is 2.37. The van der Waals surface area contributed by atoms with Crippen molar-refractivity contribution < 1.29 is 4.74 Å². The largest absolute Gasteiger partial charge is 0.385 e. The Morgan fingerprint density at radius 3 is 2.20 bits per heavy atom. The van der Waals surface area contributed by atoms with E-state index in [-0.39, 0.29) is 0 Å². The van der Waals surface area contributed by atoms with Gasteiger partial charge >= 0.3 is 0 Å². The smallest absolute Gasteiger partial charge is 0.0462 e. The minimum atomic E-state index is 0.443. The van der Waals surface area contributed by atoms with Crippen LogP contribution in [0.25, 0.3) is 0 Å². The van der Waals surface area contributed by atoms with Crippen LogP contribution in [0.2, 0.25) is 0 Å². The summed E-state index contributed by atoms with van der Waals surface area (Å²) in [4.78, 5) is 0. The highest BCUT2D eigenvalue weighted by molar-refractivity contribution is 4.81. The molecule has 0 saturated heterocycles. The van der Waals surface area contributed by atoms with Crippen molar-refractivity contribution in [3.05, 3.63) is 0 Å². The first-order valence-corrected chi connectivity index (χ1v) is 6.52. The van der Waals surface area contributed by atoms with Gasteiger partial charge in [-0.15, -0.1) is 0 Å². The maximum Gasteiger partial charge on any atom is 0.0462 e. The Kier molecular flexibility index (Phi) is 6.26. The summed E-state index contributed by atoms with van der Waals surface area (Å²) in [6.45, 7) is 1.76. The quantitative estimate of drug-likeness (QED) is 0.712. The summed E-state index contributed by atoms with van der Waals surface area (Å²) >= 11 is 0. The topological polar surface area (TPSA) is 35.2 Å². The van der Waals surface area contributed by atoms with Crippen LogP contribution >= 0.6 is 0 Å². The number of rotatable bonds is 5. The average Bonchev–Trinajstić information content (AvgIpc) is 2.22. The summed E-state index contributed by atoms with van der Waals surface area (Å²) in [7, 11) is 1.78. The normalized spacial score (nSPS) is 22.0. The first kappa shape index (κ1) is 13.0. The first-order chi connectivity index (χ1) is 7.33. The molecule has 0 spiro atoms. The minimum Gasteiger partial charge on any atom is -0.385 e. The Balaban J connectivity index is 2.39. The fraction of sp³-hybridized carbons (Fsp3) is 1.00. The molecule has 90 valence electrons. The molecular weight excluding hydrogens is 186 g/mol. The minimum absolute atomic E-state index is 0.443. The Bertz CT molecular complexity index is 151. The average molecular weight is 213 g/mol. The van der Waals surface area contributed by atoms with Gasteiger partial charge in [-0.1, -0.05) is 32.1 Å². The van der Waals surface area contributed by atoms with E-state index in [1.807, 2.05) is 0 Å². The highest BCUT2D eigenvalue weighted by atomic mass is 16.5. The standard InChI is InChI=1S/C13H27NO/c1-15-11-7-10-13(12-14)8-5-3-2-4-6-9-13/h2-12,14H2,1H3. The van der Waals surface area contributed by atoms with Gasteiger partial charge in [-0.25, -0.2) is 0 Å². The predicted molar refractivity (Wildman–Crippen MR) is 64.9 cm³/mol. The molecule has 1 saturated carbocycles. The molecule has 0 radical (unpaired) electrons. The maximum atomic E-state index is 6.00. The van der Waals surface area contributed by atoms with Crippen LogP contribution in [-0.2, 0) is 4.74 Å². The number of ether oxygens (including phenoxy) is 1. The van der Waals surface area contributed by atoms with Crippen LogP contribution in [0.15, 0.2) is 0 Å². The summed E-state index contributed by atoms with van der Waals surface area (Å²) in [6, 6.07) is 0. The van der Waals surface area contributed by atoms with Crippen molar-refractivity contribution in [3.63, 3.8) is 0 Å². The molecule has 0 bridgehead atoms. The van der Waals surface area contributed by atoms with Crippen LogP contribution in [0.4, 0.5) is 0 Å². The molecule has 0 aromatic heterocycles. The fourth-order valence-corrected chi connectivity index (χ4v) is 2.80. The van der Waals surface area contributed by atoms with Crippen LogP contribution in [0, 0.1) is 5.41 Å². The van der Waals surface area contributed by atoms with Crippen LogP contribution in [-0.4, -0.2) is 20.3 Å². The molecule has 0 heterocycles. The van der Waals surface area contributed by atoms with Gasteiger partial charge in [0.15, 0.2) is 0 Å². The zero-order valence-electron chi connectivity index (χ0n) is 10.3. The van der Waals surface area contributed by atoms with Crippen molar-refractivity contribution in [3.8, 4) is 0 Å². The van der Waals surface area contributed by atoms with E-state index in [2.05, 4.69) is 0 Å². The van der Waals surface area contributed by atoms with E-state index in [4.69, 9.17) is 10.5 Å². The zero-order chi connectivity index (χ0) is 11.0. The molecule has 0 aliphatic heterocycles. The Morgan fingerprint density at radius 2 is 1.67 bits per heavy atom. The van der Waals surface area contributed by atoms with Crippen molar-refractivity contribution in [1.29, 1.82) is 0 Å². The van der Waals surface area contributed by atoms with Gasteiger partial charge < -0.3 is 10.5 Å². The van der Waals surface area contributed by atoms with E-state index in [0.29, 0.717) is 5.41 Å². The molecule has 1 aliphatic rings. The van der Waals surface area contributed by atoms with Crippen LogP contribution < -0.4 is 5.73 Å². The van der Waals surface area contributed by atoms with Crippen molar-refractivity contribution in [1.82, 2.24) is 0 Å². The molecule has 0 aromatic rings. The fourth-order valence-electron chi connectivity index (χ4n) is 2.80. The highest BCUT2D eigenvalue weighted by Gasteiger charge is 2.27. The molecule has 0 unspecified atom stereocenters. The second-order valence-electron chi connectivity index (χ2n) is 5.07. The number of hydrogen-bond donors (Lipinski definition) is 1.